The van der Waals surface area contributed by atoms with Crippen LogP contribution in [0.25, 0.3) is 16.7 Å². The maximum absolute atomic E-state index is 6.04. The highest BCUT2D eigenvalue weighted by molar-refractivity contribution is 5.82. The van der Waals surface area contributed by atoms with E-state index in [-0.39, 0.29) is 12.4 Å². The van der Waals surface area contributed by atoms with Crippen molar-refractivity contribution in [3.8, 4) is 0 Å². The minimum Gasteiger partial charge on any atom is -0.459 e. The monoisotopic (exact) mass is 281 g/mol. The Bertz CT molecular complexity index is 716. The second-order valence-electron chi connectivity index (χ2n) is 6.12. The number of hydrogen-bond donors (Lipinski definition) is 0. The number of para-hydroxylation sites is 1. The fourth-order valence-corrected chi connectivity index (χ4v) is 2.69. The molecule has 1 unspecified atom stereocenters. The Labute approximate surface area is 124 Å². The molecule has 0 amide bonds. The summed E-state index contributed by atoms with van der Waals surface area (Å²) in [7, 11) is 0. The Morgan fingerprint density at radius 3 is 2.86 bits per heavy atom. The van der Waals surface area contributed by atoms with Crippen LogP contribution in [0.1, 0.15) is 44.2 Å². The maximum atomic E-state index is 6.04. The van der Waals surface area contributed by atoms with Crippen molar-refractivity contribution < 1.29 is 9.47 Å². The third-order valence-electron chi connectivity index (χ3n) is 3.88. The van der Waals surface area contributed by atoms with Crippen LogP contribution >= 0.6 is 0 Å². The summed E-state index contributed by atoms with van der Waals surface area (Å²) < 4.78 is 12.0. The molecule has 0 N–H and O–H groups in total. The largest absolute Gasteiger partial charge is 0.459 e. The molecule has 0 radical (unpaired) electrons. The average molecular weight is 281 g/mol. The van der Waals surface area contributed by atoms with E-state index in [0.29, 0.717) is 5.92 Å². The van der Waals surface area contributed by atoms with Crippen LogP contribution in [0.15, 0.2) is 36.4 Å². The van der Waals surface area contributed by atoms with Gasteiger partial charge in [-0.2, -0.15) is 0 Å². The second-order valence-corrected chi connectivity index (χ2v) is 6.12. The molecule has 0 saturated heterocycles. The first-order chi connectivity index (χ1) is 10.2. The zero-order valence-corrected chi connectivity index (χ0v) is 12.4. The number of benzene rings is 1. The van der Waals surface area contributed by atoms with Crippen molar-refractivity contribution >= 4 is 16.7 Å². The lowest BCUT2D eigenvalue weighted by molar-refractivity contribution is -0.118. The number of fused-ring (bicyclic) bond motifs is 2. The van der Waals surface area contributed by atoms with Gasteiger partial charge in [-0.05, 0) is 50.8 Å². The van der Waals surface area contributed by atoms with E-state index >= 15 is 0 Å². The Morgan fingerprint density at radius 2 is 2.10 bits per heavy atom. The SMILES string of the molecule is CC(C)OC1O/C(=C\C2CC2)c2nc3ccccc3cc21. The lowest BCUT2D eigenvalue weighted by Gasteiger charge is -2.15. The van der Waals surface area contributed by atoms with Gasteiger partial charge < -0.3 is 9.47 Å². The van der Waals surface area contributed by atoms with Crippen molar-refractivity contribution in [1.82, 2.24) is 4.98 Å². The fraction of sp³-hybridized carbons (Fsp3) is 0.389. The van der Waals surface area contributed by atoms with Crippen LogP contribution in [-0.4, -0.2) is 11.1 Å². The summed E-state index contributed by atoms with van der Waals surface area (Å²) in [6.07, 6.45) is 4.51. The lowest BCUT2D eigenvalue weighted by Crippen LogP contribution is -2.09. The molecular formula is C18H19NO2. The van der Waals surface area contributed by atoms with Gasteiger partial charge >= 0.3 is 0 Å². The molecule has 1 aromatic carbocycles. The predicted octanol–water partition coefficient (Wildman–Crippen LogP) is 4.44. The molecule has 2 aromatic rings. The lowest BCUT2D eigenvalue weighted by atomic mass is 10.1. The van der Waals surface area contributed by atoms with Gasteiger partial charge in [-0.25, -0.2) is 4.98 Å². The van der Waals surface area contributed by atoms with Gasteiger partial charge in [0.05, 0.1) is 17.2 Å². The normalized spacial score (nSPS) is 22.8. The molecule has 2 aliphatic rings. The number of ether oxygens (including phenoxy) is 2. The van der Waals surface area contributed by atoms with Crippen molar-refractivity contribution in [1.29, 1.82) is 0 Å². The first-order valence-electron chi connectivity index (χ1n) is 7.65. The van der Waals surface area contributed by atoms with Crippen LogP contribution in [0, 0.1) is 5.92 Å². The molecule has 1 aliphatic heterocycles. The first kappa shape index (κ1) is 12.8. The van der Waals surface area contributed by atoms with Crippen LogP contribution in [-0.2, 0) is 9.47 Å². The molecule has 1 aliphatic carbocycles. The third kappa shape index (κ3) is 2.42. The van der Waals surface area contributed by atoms with Gasteiger partial charge in [0, 0.05) is 5.39 Å². The highest BCUT2D eigenvalue weighted by Crippen LogP contribution is 2.43. The zero-order valence-electron chi connectivity index (χ0n) is 12.4. The minimum atomic E-state index is -0.331. The molecule has 21 heavy (non-hydrogen) atoms. The molecule has 0 spiro atoms. The summed E-state index contributed by atoms with van der Waals surface area (Å²) >= 11 is 0. The van der Waals surface area contributed by atoms with E-state index in [0.717, 1.165) is 27.9 Å². The maximum Gasteiger partial charge on any atom is 0.229 e. The van der Waals surface area contributed by atoms with E-state index in [9.17, 15) is 0 Å². The van der Waals surface area contributed by atoms with Gasteiger partial charge in [0.1, 0.15) is 11.5 Å². The van der Waals surface area contributed by atoms with Gasteiger partial charge in [0.15, 0.2) is 0 Å². The van der Waals surface area contributed by atoms with Gasteiger partial charge in [-0.1, -0.05) is 18.2 Å². The summed E-state index contributed by atoms with van der Waals surface area (Å²) in [4.78, 5) is 4.80. The topological polar surface area (TPSA) is 31.4 Å². The summed E-state index contributed by atoms with van der Waals surface area (Å²) in [6.45, 7) is 4.06. The number of allylic oxidation sites excluding steroid dienone is 1. The molecule has 3 heteroatoms. The van der Waals surface area contributed by atoms with Gasteiger partial charge in [0.2, 0.25) is 6.29 Å². The molecule has 1 saturated carbocycles. The van der Waals surface area contributed by atoms with Crippen LogP contribution in [0.2, 0.25) is 0 Å². The molecule has 1 atom stereocenters. The molecule has 3 nitrogen and oxygen atoms in total. The highest BCUT2D eigenvalue weighted by Gasteiger charge is 2.33. The molecular weight excluding hydrogens is 262 g/mol. The average Bonchev–Trinajstić information content (AvgIpc) is 3.22. The highest BCUT2D eigenvalue weighted by atomic mass is 16.7. The zero-order chi connectivity index (χ0) is 14.4. The fourth-order valence-electron chi connectivity index (χ4n) is 2.69. The number of rotatable bonds is 3. The summed E-state index contributed by atoms with van der Waals surface area (Å²) in [6, 6.07) is 10.3. The van der Waals surface area contributed by atoms with Crippen LogP contribution in [0.3, 0.4) is 0 Å². The van der Waals surface area contributed by atoms with E-state index in [1.165, 1.54) is 12.8 Å². The van der Waals surface area contributed by atoms with Gasteiger partial charge in [-0.15, -0.1) is 0 Å². The van der Waals surface area contributed by atoms with Crippen LogP contribution < -0.4 is 0 Å². The van der Waals surface area contributed by atoms with E-state index in [2.05, 4.69) is 18.2 Å². The van der Waals surface area contributed by atoms with E-state index < -0.39 is 0 Å². The molecule has 4 rings (SSSR count). The predicted molar refractivity (Wildman–Crippen MR) is 82.5 cm³/mol. The molecule has 2 heterocycles. The van der Waals surface area contributed by atoms with Crippen molar-refractivity contribution in [3.05, 3.63) is 47.7 Å². The molecule has 1 fully saturated rings. The second kappa shape index (κ2) is 4.85. The Balaban J connectivity index is 1.83. The van der Waals surface area contributed by atoms with E-state index in [4.69, 9.17) is 14.5 Å². The first-order valence-corrected chi connectivity index (χ1v) is 7.65. The Morgan fingerprint density at radius 1 is 1.29 bits per heavy atom. The third-order valence-corrected chi connectivity index (χ3v) is 3.88. The quantitative estimate of drug-likeness (QED) is 0.833. The van der Waals surface area contributed by atoms with Crippen molar-refractivity contribution in [2.45, 2.75) is 39.1 Å². The standard InChI is InChI=1S/C18H19NO2/c1-11(2)20-18-14-10-13-5-3-4-6-15(13)19-17(14)16(21-18)9-12-7-8-12/h3-6,9-12,18H,7-8H2,1-2H3/b16-9-. The Kier molecular flexibility index (Phi) is 2.96. The van der Waals surface area contributed by atoms with E-state index in [1.807, 2.05) is 32.0 Å². The van der Waals surface area contributed by atoms with Crippen molar-refractivity contribution in [2.24, 2.45) is 5.92 Å². The molecule has 0 bridgehead atoms. The van der Waals surface area contributed by atoms with E-state index in [1.54, 1.807) is 0 Å². The van der Waals surface area contributed by atoms with Crippen LogP contribution in [0.4, 0.5) is 0 Å². The van der Waals surface area contributed by atoms with Crippen LogP contribution in [0.5, 0.6) is 0 Å². The molecule has 108 valence electrons. The van der Waals surface area contributed by atoms with Crippen molar-refractivity contribution in [3.63, 3.8) is 0 Å². The number of hydrogen-bond acceptors (Lipinski definition) is 3. The number of pyridine rings is 1. The Hall–Kier alpha value is -1.87. The summed E-state index contributed by atoms with van der Waals surface area (Å²) in [5.41, 5.74) is 3.01. The van der Waals surface area contributed by atoms with Gasteiger partial charge in [-0.3, -0.25) is 0 Å². The van der Waals surface area contributed by atoms with Gasteiger partial charge in [0.25, 0.3) is 0 Å². The summed E-state index contributed by atoms with van der Waals surface area (Å²) in [5.74, 6) is 1.54. The van der Waals surface area contributed by atoms with Crippen molar-refractivity contribution in [2.75, 3.05) is 0 Å². The minimum absolute atomic E-state index is 0.120. The molecule has 1 aromatic heterocycles. The number of aromatic nitrogens is 1. The summed E-state index contributed by atoms with van der Waals surface area (Å²) in [5, 5.41) is 1.13. The smallest absolute Gasteiger partial charge is 0.229 e. The number of nitrogens with zero attached hydrogens (tertiary/aromatic N) is 1.